The molecule has 1 N–H and O–H groups in total. The second-order valence-electron chi connectivity index (χ2n) is 6.95. The highest BCUT2D eigenvalue weighted by atomic mass is 16.2. The maximum absolute atomic E-state index is 12.8. The summed E-state index contributed by atoms with van der Waals surface area (Å²) < 4.78 is 0. The summed E-state index contributed by atoms with van der Waals surface area (Å²) in [4.78, 5) is 14.7. The lowest BCUT2D eigenvalue weighted by Gasteiger charge is -2.38. The van der Waals surface area contributed by atoms with Crippen LogP contribution in [0, 0.1) is 5.41 Å². The molecule has 1 fully saturated rings. The first-order valence-corrected chi connectivity index (χ1v) is 7.67. The molecule has 1 saturated carbocycles. The third-order valence-electron chi connectivity index (χ3n) is 4.88. The third kappa shape index (κ3) is 2.67. The number of hydrogen-bond donors (Lipinski definition) is 1. The van der Waals surface area contributed by atoms with Gasteiger partial charge in [0.25, 0.3) is 5.91 Å². The Kier molecular flexibility index (Phi) is 3.47. The van der Waals surface area contributed by atoms with Gasteiger partial charge in [-0.1, -0.05) is 26.0 Å². The minimum Gasteiger partial charge on any atom is -0.339 e. The molecule has 0 bridgehead atoms. The van der Waals surface area contributed by atoms with Crippen molar-refractivity contribution < 1.29 is 4.79 Å². The summed E-state index contributed by atoms with van der Waals surface area (Å²) in [5.74, 6) is 0.0922. The third-order valence-corrected chi connectivity index (χ3v) is 4.88. The monoisotopic (exact) mass is 285 g/mol. The molecule has 0 unspecified atom stereocenters. The van der Waals surface area contributed by atoms with Gasteiger partial charge in [0.15, 0.2) is 0 Å². The van der Waals surface area contributed by atoms with Crippen molar-refractivity contribution in [3.63, 3.8) is 0 Å². The van der Waals surface area contributed by atoms with E-state index in [1.54, 1.807) is 6.20 Å². The summed E-state index contributed by atoms with van der Waals surface area (Å²) in [7, 11) is 1.93. The van der Waals surface area contributed by atoms with Gasteiger partial charge < -0.3 is 4.90 Å². The van der Waals surface area contributed by atoms with Crippen LogP contribution in [0.5, 0.6) is 0 Å². The van der Waals surface area contributed by atoms with Crippen LogP contribution in [-0.2, 0) is 0 Å². The molecule has 0 atom stereocenters. The highest BCUT2D eigenvalue weighted by Crippen LogP contribution is 2.37. The predicted molar refractivity (Wildman–Crippen MR) is 84.2 cm³/mol. The van der Waals surface area contributed by atoms with Gasteiger partial charge in [0.1, 0.15) is 0 Å². The number of nitrogens with one attached hydrogen (secondary N) is 1. The highest BCUT2D eigenvalue weighted by molar-refractivity contribution is 6.05. The number of H-pyrrole nitrogens is 1. The van der Waals surface area contributed by atoms with Crippen LogP contribution in [0.2, 0.25) is 0 Å². The maximum atomic E-state index is 12.8. The first-order valence-electron chi connectivity index (χ1n) is 7.67. The molecule has 2 aromatic rings. The highest BCUT2D eigenvalue weighted by Gasteiger charge is 2.31. The molecule has 1 aromatic carbocycles. The molecule has 4 heteroatoms. The number of para-hydroxylation sites is 1. The molecule has 0 saturated heterocycles. The molecule has 1 aliphatic carbocycles. The molecule has 1 aliphatic rings. The summed E-state index contributed by atoms with van der Waals surface area (Å²) in [6.07, 6.45) is 6.31. The number of amides is 1. The van der Waals surface area contributed by atoms with Gasteiger partial charge in [-0.3, -0.25) is 9.89 Å². The Balaban J connectivity index is 1.80. The van der Waals surface area contributed by atoms with E-state index in [1.807, 2.05) is 30.1 Å². The normalized spacial score (nSPS) is 18.8. The molecule has 0 aliphatic heterocycles. The van der Waals surface area contributed by atoms with Crippen LogP contribution in [0.4, 0.5) is 0 Å². The van der Waals surface area contributed by atoms with Gasteiger partial charge in [0.05, 0.1) is 17.3 Å². The van der Waals surface area contributed by atoms with Crippen LogP contribution in [0.15, 0.2) is 24.4 Å². The van der Waals surface area contributed by atoms with E-state index in [0.29, 0.717) is 11.5 Å². The van der Waals surface area contributed by atoms with Crippen LogP contribution in [-0.4, -0.2) is 34.1 Å². The van der Waals surface area contributed by atoms with Crippen molar-refractivity contribution in [2.24, 2.45) is 5.41 Å². The standard InChI is InChI=1S/C17H23N3O/c1-17(2)9-7-13(8-10-17)20(3)16(21)14-6-4-5-12-11-18-19-15(12)14/h4-6,11,13H,7-10H2,1-3H3,(H,18,19). The van der Waals surface area contributed by atoms with Gasteiger partial charge in [-0.25, -0.2) is 0 Å². The van der Waals surface area contributed by atoms with E-state index in [0.717, 1.165) is 29.3 Å². The zero-order valence-electron chi connectivity index (χ0n) is 13.0. The minimum atomic E-state index is 0.0922. The smallest absolute Gasteiger partial charge is 0.256 e. The van der Waals surface area contributed by atoms with Gasteiger partial charge in [-0.05, 0) is 37.2 Å². The zero-order valence-corrected chi connectivity index (χ0v) is 13.0. The van der Waals surface area contributed by atoms with Crippen molar-refractivity contribution in [1.29, 1.82) is 0 Å². The zero-order chi connectivity index (χ0) is 15.0. The van der Waals surface area contributed by atoms with Crippen LogP contribution >= 0.6 is 0 Å². The largest absolute Gasteiger partial charge is 0.339 e. The van der Waals surface area contributed by atoms with E-state index in [-0.39, 0.29) is 5.91 Å². The molecule has 1 aromatic heterocycles. The van der Waals surface area contributed by atoms with Gasteiger partial charge in [0, 0.05) is 18.5 Å². The van der Waals surface area contributed by atoms with E-state index in [1.165, 1.54) is 12.8 Å². The molecule has 1 amide bonds. The van der Waals surface area contributed by atoms with E-state index >= 15 is 0 Å². The summed E-state index contributed by atoms with van der Waals surface area (Å²) in [6, 6.07) is 6.12. The van der Waals surface area contributed by atoms with E-state index in [9.17, 15) is 4.79 Å². The fourth-order valence-corrected chi connectivity index (χ4v) is 3.27. The number of benzene rings is 1. The molecule has 21 heavy (non-hydrogen) atoms. The van der Waals surface area contributed by atoms with Crippen molar-refractivity contribution in [2.45, 2.75) is 45.6 Å². The Morgan fingerprint density at radius 1 is 1.33 bits per heavy atom. The van der Waals surface area contributed by atoms with Gasteiger partial charge in [-0.2, -0.15) is 5.10 Å². The van der Waals surface area contributed by atoms with Crippen molar-refractivity contribution in [3.05, 3.63) is 30.0 Å². The quantitative estimate of drug-likeness (QED) is 0.916. The number of carbonyl (C=O) groups is 1. The summed E-state index contributed by atoms with van der Waals surface area (Å²) in [6.45, 7) is 4.63. The van der Waals surface area contributed by atoms with Crippen molar-refractivity contribution in [1.82, 2.24) is 15.1 Å². The first kappa shape index (κ1) is 14.1. The fourth-order valence-electron chi connectivity index (χ4n) is 3.27. The van der Waals surface area contributed by atoms with Gasteiger partial charge in [-0.15, -0.1) is 0 Å². The van der Waals surface area contributed by atoms with Crippen LogP contribution in [0.3, 0.4) is 0 Å². The SMILES string of the molecule is CN(C(=O)c1cccc2cn[nH]c12)C1CCC(C)(C)CC1. The molecule has 4 nitrogen and oxygen atoms in total. The Labute approximate surface area is 125 Å². The molecule has 0 radical (unpaired) electrons. The maximum Gasteiger partial charge on any atom is 0.256 e. The molecular formula is C17H23N3O. The fraction of sp³-hybridized carbons (Fsp3) is 0.529. The summed E-state index contributed by atoms with van der Waals surface area (Å²) in [5.41, 5.74) is 1.98. The van der Waals surface area contributed by atoms with E-state index in [4.69, 9.17) is 0 Å². The van der Waals surface area contributed by atoms with Crippen molar-refractivity contribution >= 4 is 16.8 Å². The Morgan fingerprint density at radius 3 is 2.76 bits per heavy atom. The van der Waals surface area contributed by atoms with Crippen LogP contribution < -0.4 is 0 Å². The average Bonchev–Trinajstić information content (AvgIpc) is 2.94. The summed E-state index contributed by atoms with van der Waals surface area (Å²) in [5, 5.41) is 7.97. The number of carbonyl (C=O) groups excluding carboxylic acids is 1. The van der Waals surface area contributed by atoms with Crippen LogP contribution in [0.25, 0.3) is 10.9 Å². The number of hydrogen-bond acceptors (Lipinski definition) is 2. The van der Waals surface area contributed by atoms with E-state index in [2.05, 4.69) is 24.0 Å². The lowest BCUT2D eigenvalue weighted by Crippen LogP contribution is -2.40. The first-order chi connectivity index (χ1) is 9.98. The molecule has 3 rings (SSSR count). The molecular weight excluding hydrogens is 262 g/mol. The van der Waals surface area contributed by atoms with E-state index < -0.39 is 0 Å². The Bertz CT molecular complexity index is 649. The van der Waals surface area contributed by atoms with Crippen LogP contribution in [0.1, 0.15) is 49.9 Å². The van der Waals surface area contributed by atoms with Gasteiger partial charge in [0.2, 0.25) is 0 Å². The summed E-state index contributed by atoms with van der Waals surface area (Å²) >= 11 is 0. The number of aromatic amines is 1. The molecule has 1 heterocycles. The van der Waals surface area contributed by atoms with Crippen molar-refractivity contribution in [2.75, 3.05) is 7.05 Å². The number of rotatable bonds is 2. The lowest BCUT2D eigenvalue weighted by atomic mass is 9.75. The second-order valence-corrected chi connectivity index (χ2v) is 6.95. The average molecular weight is 285 g/mol. The number of nitrogens with zero attached hydrogens (tertiary/aromatic N) is 2. The Morgan fingerprint density at radius 2 is 2.05 bits per heavy atom. The van der Waals surface area contributed by atoms with Crippen molar-refractivity contribution in [3.8, 4) is 0 Å². The van der Waals surface area contributed by atoms with Gasteiger partial charge >= 0.3 is 0 Å². The molecule has 112 valence electrons. The topological polar surface area (TPSA) is 49.0 Å². The minimum absolute atomic E-state index is 0.0922. The second kappa shape index (κ2) is 5.17. The lowest BCUT2D eigenvalue weighted by molar-refractivity contribution is 0.0637. The predicted octanol–water partition coefficient (Wildman–Crippen LogP) is 3.60. The molecule has 0 spiro atoms. The Hall–Kier alpha value is -1.84. The number of aromatic nitrogens is 2. The number of fused-ring (bicyclic) bond motifs is 1.